The zero-order chi connectivity index (χ0) is 27.3. The van der Waals surface area contributed by atoms with Crippen LogP contribution in [0.4, 0.5) is 23.7 Å². The van der Waals surface area contributed by atoms with Crippen molar-refractivity contribution in [1.82, 2.24) is 15.1 Å². The first-order valence-electron chi connectivity index (χ1n) is 12.5. The first kappa shape index (κ1) is 27.2. The van der Waals surface area contributed by atoms with E-state index < -0.39 is 42.2 Å². The van der Waals surface area contributed by atoms with E-state index >= 15 is 0 Å². The number of imide groups is 1. The Hall–Kier alpha value is -3.83. The molecule has 0 spiro atoms. The van der Waals surface area contributed by atoms with Crippen molar-refractivity contribution in [3.8, 4) is 0 Å². The fourth-order valence-corrected chi connectivity index (χ4v) is 4.97. The third-order valence-electron chi connectivity index (χ3n) is 6.80. The molecule has 2 fully saturated rings. The van der Waals surface area contributed by atoms with Crippen LogP contribution in [0.15, 0.2) is 47.1 Å². The van der Waals surface area contributed by atoms with Gasteiger partial charge < -0.3 is 20.0 Å². The molecule has 4 rings (SSSR count). The zero-order valence-corrected chi connectivity index (χ0v) is 20.6. The largest absolute Gasteiger partial charge is 0.467 e. The summed E-state index contributed by atoms with van der Waals surface area (Å²) in [6.07, 6.45) is 0.00205. The molecule has 1 aliphatic carbocycles. The number of carbonyl (C=O) groups is 4. The molecule has 9 nitrogen and oxygen atoms in total. The molecule has 2 unspecified atom stereocenters. The fraction of sp³-hybridized carbons (Fsp3) is 0.462. The first-order valence-corrected chi connectivity index (χ1v) is 12.5. The fourth-order valence-electron chi connectivity index (χ4n) is 4.97. The van der Waals surface area contributed by atoms with Crippen LogP contribution in [0.2, 0.25) is 0 Å². The number of hydrogen-bond donors (Lipinski definition) is 2. The van der Waals surface area contributed by atoms with E-state index in [4.69, 9.17) is 4.42 Å². The number of alkyl halides is 3. The smallest absolute Gasteiger partial charge is 0.416 e. The van der Waals surface area contributed by atoms with E-state index in [0.717, 1.165) is 29.9 Å². The molecule has 204 valence electrons. The molecule has 1 saturated carbocycles. The number of rotatable bonds is 9. The maximum absolute atomic E-state index is 13.3. The molecule has 38 heavy (non-hydrogen) atoms. The van der Waals surface area contributed by atoms with Gasteiger partial charge in [-0.3, -0.25) is 19.3 Å². The normalized spacial score (nSPS) is 19.8. The van der Waals surface area contributed by atoms with E-state index in [0.29, 0.717) is 18.6 Å². The highest BCUT2D eigenvalue weighted by Crippen LogP contribution is 2.35. The summed E-state index contributed by atoms with van der Waals surface area (Å²) >= 11 is 0. The molecule has 1 saturated heterocycles. The number of furan rings is 1. The summed E-state index contributed by atoms with van der Waals surface area (Å²) < 4.78 is 44.2. The standard InChI is InChI=1S/C26H29F3N4O5/c27-26(28,29)17-6-3-7-18(14-17)31-23(35)16-33-21-10-2-1-9-20(21)24(36)32(25(33)37)12-4-11-22(34)30-15-19-8-5-13-38-19/h3,5-8,13-14,20-21H,1-2,4,9-12,15-16H2,(H,30,34)(H,31,35). The van der Waals surface area contributed by atoms with Crippen LogP contribution >= 0.6 is 0 Å². The lowest BCUT2D eigenvalue weighted by Crippen LogP contribution is -2.63. The second-order valence-corrected chi connectivity index (χ2v) is 9.45. The lowest BCUT2D eigenvalue weighted by Gasteiger charge is -2.46. The van der Waals surface area contributed by atoms with Crippen LogP contribution in [0.3, 0.4) is 0 Å². The summed E-state index contributed by atoms with van der Waals surface area (Å²) in [5, 5.41) is 5.14. The van der Waals surface area contributed by atoms with Crippen molar-refractivity contribution in [2.24, 2.45) is 5.92 Å². The summed E-state index contributed by atoms with van der Waals surface area (Å²) in [4.78, 5) is 53.8. The quantitative estimate of drug-likeness (QED) is 0.502. The van der Waals surface area contributed by atoms with Crippen LogP contribution in [0.25, 0.3) is 0 Å². The minimum Gasteiger partial charge on any atom is -0.467 e. The predicted molar refractivity (Wildman–Crippen MR) is 129 cm³/mol. The highest BCUT2D eigenvalue weighted by atomic mass is 19.4. The van der Waals surface area contributed by atoms with Crippen molar-refractivity contribution in [1.29, 1.82) is 0 Å². The molecule has 2 aromatic rings. The molecule has 2 aliphatic rings. The monoisotopic (exact) mass is 534 g/mol. The van der Waals surface area contributed by atoms with Crippen LogP contribution in [0.5, 0.6) is 0 Å². The molecule has 1 aliphatic heterocycles. The second-order valence-electron chi connectivity index (χ2n) is 9.45. The molecule has 0 radical (unpaired) electrons. The van der Waals surface area contributed by atoms with Crippen molar-refractivity contribution in [2.75, 3.05) is 18.4 Å². The van der Waals surface area contributed by atoms with Crippen LogP contribution in [0, 0.1) is 5.92 Å². The van der Waals surface area contributed by atoms with Crippen LogP contribution < -0.4 is 10.6 Å². The van der Waals surface area contributed by atoms with E-state index in [2.05, 4.69) is 10.6 Å². The molecular weight excluding hydrogens is 505 g/mol. The van der Waals surface area contributed by atoms with Gasteiger partial charge in [0.15, 0.2) is 0 Å². The van der Waals surface area contributed by atoms with Crippen molar-refractivity contribution in [2.45, 2.75) is 57.3 Å². The minimum absolute atomic E-state index is 0.0147. The summed E-state index contributed by atoms with van der Waals surface area (Å²) in [5.74, 6) is -1.09. The molecule has 2 N–H and O–H groups in total. The zero-order valence-electron chi connectivity index (χ0n) is 20.6. The molecule has 0 bridgehead atoms. The topological polar surface area (TPSA) is 112 Å². The number of urea groups is 1. The van der Waals surface area contributed by atoms with Gasteiger partial charge in [0.05, 0.1) is 24.3 Å². The van der Waals surface area contributed by atoms with Gasteiger partial charge in [0.1, 0.15) is 12.3 Å². The highest BCUT2D eigenvalue weighted by Gasteiger charge is 2.47. The number of carbonyl (C=O) groups excluding carboxylic acids is 4. The van der Waals surface area contributed by atoms with Crippen LogP contribution in [0.1, 0.15) is 49.8 Å². The van der Waals surface area contributed by atoms with Gasteiger partial charge in [0.2, 0.25) is 17.7 Å². The highest BCUT2D eigenvalue weighted by molar-refractivity contribution is 6.01. The number of halogens is 3. The maximum atomic E-state index is 13.3. The molecule has 2 atom stereocenters. The van der Waals surface area contributed by atoms with Gasteiger partial charge in [0, 0.05) is 24.7 Å². The number of anilines is 1. The summed E-state index contributed by atoms with van der Waals surface area (Å²) in [6, 6.07) is 6.60. The second kappa shape index (κ2) is 11.7. The van der Waals surface area contributed by atoms with Crippen molar-refractivity contribution in [3.63, 3.8) is 0 Å². The van der Waals surface area contributed by atoms with Gasteiger partial charge >= 0.3 is 12.2 Å². The summed E-state index contributed by atoms with van der Waals surface area (Å²) in [6.45, 7) is -0.156. The number of benzene rings is 1. The van der Waals surface area contributed by atoms with E-state index in [9.17, 15) is 32.3 Å². The molecule has 1 aromatic carbocycles. The van der Waals surface area contributed by atoms with Gasteiger partial charge in [0.25, 0.3) is 0 Å². The number of hydrogen-bond acceptors (Lipinski definition) is 5. The third kappa shape index (κ3) is 6.53. The number of nitrogens with zero attached hydrogens (tertiary/aromatic N) is 2. The number of amides is 5. The van der Waals surface area contributed by atoms with E-state index in [1.165, 1.54) is 23.3 Å². The van der Waals surface area contributed by atoms with Gasteiger partial charge in [-0.15, -0.1) is 0 Å². The van der Waals surface area contributed by atoms with Crippen LogP contribution in [-0.2, 0) is 27.1 Å². The number of nitrogens with one attached hydrogen (secondary N) is 2. The van der Waals surface area contributed by atoms with Gasteiger partial charge in [-0.25, -0.2) is 4.79 Å². The number of fused-ring (bicyclic) bond motifs is 1. The molecule has 1 aromatic heterocycles. The first-order chi connectivity index (χ1) is 18.1. The van der Waals surface area contributed by atoms with Crippen molar-refractivity contribution >= 4 is 29.4 Å². The van der Waals surface area contributed by atoms with Gasteiger partial charge in [-0.05, 0) is 49.6 Å². The Bertz CT molecular complexity index is 1170. The minimum atomic E-state index is -4.56. The Balaban J connectivity index is 1.38. The lowest BCUT2D eigenvalue weighted by atomic mass is 9.81. The van der Waals surface area contributed by atoms with Crippen molar-refractivity contribution in [3.05, 3.63) is 54.0 Å². The average Bonchev–Trinajstić information content (AvgIpc) is 3.41. The van der Waals surface area contributed by atoms with E-state index in [1.807, 2.05) is 0 Å². The molecule has 12 heteroatoms. The summed E-state index contributed by atoms with van der Waals surface area (Å²) in [7, 11) is 0. The van der Waals surface area contributed by atoms with E-state index in [-0.39, 0.29) is 43.4 Å². The molecule has 5 amide bonds. The molecule has 2 heterocycles. The Morgan fingerprint density at radius 1 is 1.05 bits per heavy atom. The Morgan fingerprint density at radius 3 is 2.58 bits per heavy atom. The third-order valence-corrected chi connectivity index (χ3v) is 6.80. The SMILES string of the molecule is O=C(CCCN1C(=O)C2CCCCC2N(CC(=O)Nc2cccc(C(F)(F)F)c2)C1=O)NCc1ccco1. The Morgan fingerprint density at radius 2 is 1.84 bits per heavy atom. The lowest BCUT2D eigenvalue weighted by molar-refractivity contribution is -0.142. The van der Waals surface area contributed by atoms with E-state index in [1.54, 1.807) is 12.1 Å². The van der Waals surface area contributed by atoms with Gasteiger partial charge in [-0.2, -0.15) is 13.2 Å². The Labute approximate surface area is 217 Å². The Kier molecular flexibility index (Phi) is 8.38. The molecular formula is C26H29F3N4O5. The maximum Gasteiger partial charge on any atom is 0.416 e. The van der Waals surface area contributed by atoms with Gasteiger partial charge in [-0.1, -0.05) is 18.9 Å². The van der Waals surface area contributed by atoms with Crippen LogP contribution in [-0.4, -0.2) is 52.7 Å². The van der Waals surface area contributed by atoms with Crippen molar-refractivity contribution < 1.29 is 36.8 Å². The average molecular weight is 535 g/mol. The summed E-state index contributed by atoms with van der Waals surface area (Å²) in [5.41, 5.74) is -0.940. The predicted octanol–water partition coefficient (Wildman–Crippen LogP) is 4.16.